The fraction of sp³-hybridized carbons (Fsp3) is 0.533. The number of hydrogen-bond donors (Lipinski definition) is 2. The number of nitrogen functional groups attached to an aromatic ring is 1. The van der Waals surface area contributed by atoms with Crippen molar-refractivity contribution >= 4 is 28.9 Å². The molecule has 1 aliphatic rings. The zero-order valence-electron chi connectivity index (χ0n) is 11.7. The summed E-state index contributed by atoms with van der Waals surface area (Å²) in [5, 5.41) is 3.30. The van der Waals surface area contributed by atoms with Gasteiger partial charge < -0.3 is 15.8 Å². The van der Waals surface area contributed by atoms with Crippen molar-refractivity contribution in [1.82, 2.24) is 0 Å². The average Bonchev–Trinajstić information content (AvgIpc) is 2.35. The van der Waals surface area contributed by atoms with Crippen molar-refractivity contribution in [3.05, 3.63) is 23.2 Å². The molecule has 1 unspecified atom stereocenters. The fourth-order valence-electron chi connectivity index (χ4n) is 2.15. The van der Waals surface area contributed by atoms with Crippen molar-refractivity contribution in [2.45, 2.75) is 38.7 Å². The van der Waals surface area contributed by atoms with E-state index >= 15 is 0 Å². The normalized spacial score (nSPS) is 16.5. The van der Waals surface area contributed by atoms with Gasteiger partial charge in [-0.2, -0.15) is 0 Å². The molecule has 110 valence electrons. The Morgan fingerprint density at radius 2 is 2.30 bits per heavy atom. The van der Waals surface area contributed by atoms with E-state index in [4.69, 9.17) is 22.1 Å². The van der Waals surface area contributed by atoms with Gasteiger partial charge in [0.25, 0.3) is 5.91 Å². The van der Waals surface area contributed by atoms with Crippen molar-refractivity contribution in [3.8, 4) is 0 Å². The van der Waals surface area contributed by atoms with Crippen LogP contribution < -0.4 is 11.1 Å². The van der Waals surface area contributed by atoms with Crippen LogP contribution in [0.25, 0.3) is 0 Å². The standard InChI is InChI=1S/C15H21ClN2O2/c1-10(20-8-7-11-3-2-4-11)15(19)18-14-6-5-12(16)9-13(14)17/h5-6,9-11H,2-4,7-8,17H2,1H3,(H,18,19). The van der Waals surface area contributed by atoms with Crippen molar-refractivity contribution in [2.24, 2.45) is 5.92 Å². The first-order chi connectivity index (χ1) is 9.56. The summed E-state index contributed by atoms with van der Waals surface area (Å²) in [4.78, 5) is 12.0. The minimum absolute atomic E-state index is 0.187. The van der Waals surface area contributed by atoms with Crippen molar-refractivity contribution < 1.29 is 9.53 Å². The molecule has 1 saturated carbocycles. The molecule has 4 nitrogen and oxygen atoms in total. The monoisotopic (exact) mass is 296 g/mol. The van der Waals surface area contributed by atoms with E-state index in [0.717, 1.165) is 12.3 Å². The number of nitrogens with two attached hydrogens (primary N) is 1. The van der Waals surface area contributed by atoms with E-state index in [0.29, 0.717) is 23.0 Å². The van der Waals surface area contributed by atoms with Gasteiger partial charge in [0.05, 0.1) is 11.4 Å². The van der Waals surface area contributed by atoms with Crippen LogP contribution >= 0.6 is 11.6 Å². The summed E-state index contributed by atoms with van der Waals surface area (Å²) in [6.07, 6.45) is 4.48. The van der Waals surface area contributed by atoms with Gasteiger partial charge in [0.2, 0.25) is 0 Å². The summed E-state index contributed by atoms with van der Waals surface area (Å²) in [6.45, 7) is 2.39. The molecule has 5 heteroatoms. The molecular weight excluding hydrogens is 276 g/mol. The van der Waals surface area contributed by atoms with Crippen molar-refractivity contribution in [3.63, 3.8) is 0 Å². The summed E-state index contributed by atoms with van der Waals surface area (Å²) >= 11 is 5.82. The lowest BCUT2D eigenvalue weighted by Gasteiger charge is -2.25. The third kappa shape index (κ3) is 4.12. The third-order valence-electron chi connectivity index (χ3n) is 3.76. The molecule has 2 rings (SSSR count). The van der Waals surface area contributed by atoms with Gasteiger partial charge in [0.1, 0.15) is 6.10 Å². The summed E-state index contributed by atoms with van der Waals surface area (Å²) in [5.74, 6) is 0.602. The molecule has 0 spiro atoms. The lowest BCUT2D eigenvalue weighted by molar-refractivity contribution is -0.126. The van der Waals surface area contributed by atoms with Gasteiger partial charge in [-0.1, -0.05) is 30.9 Å². The van der Waals surface area contributed by atoms with Crippen LogP contribution in [0.4, 0.5) is 11.4 Å². The minimum atomic E-state index is -0.481. The second-order valence-electron chi connectivity index (χ2n) is 5.32. The Bertz CT molecular complexity index is 475. The first-order valence-electron chi connectivity index (χ1n) is 7.03. The van der Waals surface area contributed by atoms with E-state index in [1.165, 1.54) is 19.3 Å². The van der Waals surface area contributed by atoms with Crippen LogP contribution in [-0.2, 0) is 9.53 Å². The summed E-state index contributed by atoms with van der Waals surface area (Å²) < 4.78 is 5.57. The largest absolute Gasteiger partial charge is 0.397 e. The molecule has 0 aromatic heterocycles. The third-order valence-corrected chi connectivity index (χ3v) is 3.99. The molecule has 1 aromatic carbocycles. The second-order valence-corrected chi connectivity index (χ2v) is 5.76. The SMILES string of the molecule is CC(OCCC1CCC1)C(=O)Nc1ccc(Cl)cc1N. The van der Waals surface area contributed by atoms with E-state index in [1.54, 1.807) is 25.1 Å². The molecular formula is C15H21ClN2O2. The van der Waals surface area contributed by atoms with Gasteiger partial charge in [-0.25, -0.2) is 0 Å². The zero-order chi connectivity index (χ0) is 14.5. The smallest absolute Gasteiger partial charge is 0.253 e. The Morgan fingerprint density at radius 3 is 2.90 bits per heavy atom. The van der Waals surface area contributed by atoms with E-state index in [-0.39, 0.29) is 5.91 Å². The number of anilines is 2. The maximum Gasteiger partial charge on any atom is 0.253 e. The predicted molar refractivity (Wildman–Crippen MR) is 81.9 cm³/mol. The van der Waals surface area contributed by atoms with Crippen LogP contribution in [0.1, 0.15) is 32.6 Å². The fourth-order valence-corrected chi connectivity index (χ4v) is 2.33. The van der Waals surface area contributed by atoms with Crippen LogP contribution in [0.5, 0.6) is 0 Å². The molecule has 0 saturated heterocycles. The topological polar surface area (TPSA) is 64.3 Å². The number of nitrogens with one attached hydrogen (secondary N) is 1. The van der Waals surface area contributed by atoms with Gasteiger partial charge in [0, 0.05) is 11.6 Å². The quantitative estimate of drug-likeness (QED) is 0.790. The first-order valence-corrected chi connectivity index (χ1v) is 7.41. The summed E-state index contributed by atoms with van der Waals surface area (Å²) in [6, 6.07) is 4.99. The van der Waals surface area contributed by atoms with Gasteiger partial charge in [0.15, 0.2) is 0 Å². The number of carbonyl (C=O) groups excluding carboxylic acids is 1. The average molecular weight is 297 g/mol. The predicted octanol–water partition coefficient (Wildman–Crippen LogP) is 3.46. The Kier molecular flexibility index (Phi) is 5.26. The van der Waals surface area contributed by atoms with Crippen molar-refractivity contribution in [2.75, 3.05) is 17.7 Å². The van der Waals surface area contributed by atoms with Gasteiger partial charge in [-0.15, -0.1) is 0 Å². The number of halogens is 1. The van der Waals surface area contributed by atoms with E-state index < -0.39 is 6.10 Å². The first kappa shape index (κ1) is 15.1. The molecule has 0 radical (unpaired) electrons. The molecule has 1 aliphatic carbocycles. The Labute approximate surface area is 124 Å². The van der Waals surface area contributed by atoms with Crippen LogP contribution in [0.15, 0.2) is 18.2 Å². The maximum atomic E-state index is 12.0. The second kappa shape index (κ2) is 6.95. The molecule has 20 heavy (non-hydrogen) atoms. The van der Waals surface area contributed by atoms with Crippen LogP contribution in [0, 0.1) is 5.92 Å². The molecule has 1 atom stereocenters. The van der Waals surface area contributed by atoms with Gasteiger partial charge in [-0.05, 0) is 37.5 Å². The molecule has 1 fully saturated rings. The van der Waals surface area contributed by atoms with Crippen LogP contribution in [0.3, 0.4) is 0 Å². The van der Waals surface area contributed by atoms with E-state index in [2.05, 4.69) is 5.32 Å². The molecule has 1 aromatic rings. The van der Waals surface area contributed by atoms with Gasteiger partial charge >= 0.3 is 0 Å². The molecule has 0 heterocycles. The Morgan fingerprint density at radius 1 is 1.55 bits per heavy atom. The lowest BCUT2D eigenvalue weighted by atomic mass is 9.83. The van der Waals surface area contributed by atoms with E-state index in [9.17, 15) is 4.79 Å². The number of amides is 1. The highest BCUT2D eigenvalue weighted by Crippen LogP contribution is 2.29. The zero-order valence-corrected chi connectivity index (χ0v) is 12.5. The van der Waals surface area contributed by atoms with Gasteiger partial charge in [-0.3, -0.25) is 4.79 Å². The highest BCUT2D eigenvalue weighted by Gasteiger charge is 2.19. The molecule has 0 bridgehead atoms. The molecule has 1 amide bonds. The number of rotatable bonds is 6. The van der Waals surface area contributed by atoms with E-state index in [1.807, 2.05) is 0 Å². The highest BCUT2D eigenvalue weighted by molar-refractivity contribution is 6.31. The minimum Gasteiger partial charge on any atom is -0.397 e. The summed E-state index contributed by atoms with van der Waals surface area (Å²) in [7, 11) is 0. The van der Waals surface area contributed by atoms with Crippen molar-refractivity contribution in [1.29, 1.82) is 0 Å². The number of carbonyl (C=O) groups is 1. The lowest BCUT2D eigenvalue weighted by Crippen LogP contribution is -2.29. The summed E-state index contributed by atoms with van der Waals surface area (Å²) in [5.41, 5.74) is 6.81. The number of ether oxygens (including phenoxy) is 1. The Hall–Kier alpha value is -1.26. The van der Waals surface area contributed by atoms with Crippen LogP contribution in [-0.4, -0.2) is 18.6 Å². The Balaban J connectivity index is 1.77. The number of hydrogen-bond acceptors (Lipinski definition) is 3. The van der Waals surface area contributed by atoms with Crippen LogP contribution in [0.2, 0.25) is 5.02 Å². The molecule has 3 N–H and O–H groups in total. The number of benzene rings is 1. The highest BCUT2D eigenvalue weighted by atomic mass is 35.5. The molecule has 0 aliphatic heterocycles. The maximum absolute atomic E-state index is 12.0.